The molecule has 5 heterocycles. The maximum atomic E-state index is 13.6. The van der Waals surface area contributed by atoms with Gasteiger partial charge in [-0.3, -0.25) is 20.4 Å². The Morgan fingerprint density at radius 2 is 1.90 bits per heavy atom. The van der Waals surface area contributed by atoms with Crippen LogP contribution in [-0.2, 0) is 5.41 Å². The number of aliphatic hydroxyl groups is 2. The third kappa shape index (κ3) is 4.02. The molecule has 9 N–H and O–H groups in total. The van der Waals surface area contributed by atoms with Gasteiger partial charge in [0.1, 0.15) is 11.8 Å². The number of rotatable bonds is 5. The van der Waals surface area contributed by atoms with Gasteiger partial charge in [-0.1, -0.05) is 26.0 Å². The predicted octanol–water partition coefficient (Wildman–Crippen LogP) is -1.84. The zero-order valence-electron chi connectivity index (χ0n) is 22.5. The van der Waals surface area contributed by atoms with E-state index >= 15 is 0 Å². The van der Waals surface area contributed by atoms with E-state index in [9.17, 15) is 19.8 Å². The van der Waals surface area contributed by atoms with E-state index in [0.717, 1.165) is 12.0 Å². The lowest BCUT2D eigenvalue weighted by molar-refractivity contribution is -0.232. The molecule has 4 aliphatic heterocycles. The maximum Gasteiger partial charge on any atom is 0.289 e. The third-order valence-corrected chi connectivity index (χ3v) is 8.42. The summed E-state index contributed by atoms with van der Waals surface area (Å²) >= 11 is 0. The van der Waals surface area contributed by atoms with Crippen molar-refractivity contribution in [3.05, 3.63) is 53.6 Å². The van der Waals surface area contributed by atoms with E-state index < -0.39 is 41.4 Å². The molecule has 1 unspecified atom stereocenters. The molecule has 0 radical (unpaired) electrons. The number of para-hydroxylation sites is 1. The van der Waals surface area contributed by atoms with Gasteiger partial charge in [-0.15, -0.1) is 0 Å². The number of guanidine groups is 2. The molecule has 0 aliphatic carbocycles. The second-order valence-electron chi connectivity index (χ2n) is 11.3. The summed E-state index contributed by atoms with van der Waals surface area (Å²) in [5.74, 6) is -3.72. The Morgan fingerprint density at radius 3 is 2.66 bits per heavy atom. The van der Waals surface area contributed by atoms with E-state index in [-0.39, 0.29) is 41.8 Å². The van der Waals surface area contributed by atoms with Gasteiger partial charge in [0.15, 0.2) is 17.6 Å². The summed E-state index contributed by atoms with van der Waals surface area (Å²) in [6.07, 6.45) is 3.66. The van der Waals surface area contributed by atoms with Gasteiger partial charge in [-0.2, -0.15) is 0 Å². The van der Waals surface area contributed by atoms with Crippen molar-refractivity contribution in [3.63, 3.8) is 0 Å². The first-order valence-corrected chi connectivity index (χ1v) is 13.3. The van der Waals surface area contributed by atoms with E-state index in [0.29, 0.717) is 12.4 Å². The molecule has 41 heavy (non-hydrogen) atoms. The van der Waals surface area contributed by atoms with E-state index in [1.165, 1.54) is 17.3 Å². The molecule has 4 aliphatic rings. The highest BCUT2D eigenvalue weighted by Gasteiger charge is 2.74. The smallest absolute Gasteiger partial charge is 0.289 e. The van der Waals surface area contributed by atoms with Crippen LogP contribution in [0, 0.1) is 10.8 Å². The van der Waals surface area contributed by atoms with E-state index in [1.54, 1.807) is 18.2 Å². The molecule has 6 rings (SSSR count). The van der Waals surface area contributed by atoms with Gasteiger partial charge in [0.25, 0.3) is 11.8 Å². The highest BCUT2D eigenvalue weighted by molar-refractivity contribution is 5.98. The molecule has 0 saturated carbocycles. The molecule has 1 aromatic heterocycles. The van der Waals surface area contributed by atoms with Crippen LogP contribution in [0.15, 0.2) is 36.7 Å². The lowest BCUT2D eigenvalue weighted by atomic mass is 9.79. The number of carbonyl (C=O) groups is 2. The summed E-state index contributed by atoms with van der Waals surface area (Å²) in [7, 11) is 0. The van der Waals surface area contributed by atoms with Gasteiger partial charge in [0, 0.05) is 31.0 Å². The average Bonchev–Trinajstić information content (AvgIpc) is 3.41. The summed E-state index contributed by atoms with van der Waals surface area (Å²) in [5, 5.41) is 54.4. The second-order valence-corrected chi connectivity index (χ2v) is 11.3. The number of fused-ring (bicyclic) bond motifs is 1. The summed E-state index contributed by atoms with van der Waals surface area (Å²) in [5.41, 5.74) is -0.839. The molecular weight excluding hydrogens is 532 g/mol. The van der Waals surface area contributed by atoms with Crippen molar-refractivity contribution in [1.29, 1.82) is 10.8 Å². The van der Waals surface area contributed by atoms with Gasteiger partial charge in [0.2, 0.25) is 11.6 Å². The zero-order valence-corrected chi connectivity index (χ0v) is 22.5. The highest BCUT2D eigenvalue weighted by atomic mass is 16.5. The number of benzene rings is 1. The van der Waals surface area contributed by atoms with Gasteiger partial charge in [-0.05, 0) is 24.0 Å². The van der Waals surface area contributed by atoms with Crippen molar-refractivity contribution >= 4 is 23.7 Å². The fourth-order valence-electron chi connectivity index (χ4n) is 6.23. The predicted molar refractivity (Wildman–Crippen MR) is 144 cm³/mol. The number of hydrogen-bond donors (Lipinski definition) is 9. The molecule has 216 valence electrons. The van der Waals surface area contributed by atoms with Crippen LogP contribution in [0.1, 0.15) is 46.8 Å². The van der Waals surface area contributed by atoms with Crippen LogP contribution in [0.3, 0.4) is 0 Å². The molecule has 1 spiro atoms. The molecular formula is C26H32N10O5. The molecule has 3 fully saturated rings. The number of carbonyl (C=O) groups excluding carboxylic acids is 2. The minimum Gasteiger partial charge on any atom is -0.492 e. The highest BCUT2D eigenvalue weighted by Crippen LogP contribution is 2.44. The number of nitrogens with zero attached hydrogens (tertiary/aromatic N) is 3. The second kappa shape index (κ2) is 9.27. The minimum absolute atomic E-state index is 0.0438. The Bertz CT molecular complexity index is 1430. The monoisotopic (exact) mass is 564 g/mol. The molecule has 2 amide bonds. The topological polar surface area (TPSA) is 221 Å². The van der Waals surface area contributed by atoms with Gasteiger partial charge in [0.05, 0.1) is 24.3 Å². The maximum absolute atomic E-state index is 13.6. The number of amides is 2. The molecule has 1 aromatic carbocycles. The van der Waals surface area contributed by atoms with Crippen LogP contribution < -0.4 is 31.3 Å². The van der Waals surface area contributed by atoms with Crippen LogP contribution in [0.5, 0.6) is 5.75 Å². The van der Waals surface area contributed by atoms with Crippen LogP contribution in [0.2, 0.25) is 0 Å². The van der Waals surface area contributed by atoms with Crippen molar-refractivity contribution in [2.75, 3.05) is 19.7 Å². The first-order valence-electron chi connectivity index (χ1n) is 13.3. The van der Waals surface area contributed by atoms with Gasteiger partial charge in [-0.25, -0.2) is 9.97 Å². The number of ether oxygens (including phenoxy) is 1. The Balaban J connectivity index is 1.26. The zero-order chi connectivity index (χ0) is 29.2. The number of nitrogens with one attached hydrogen (secondary N) is 7. The van der Waals surface area contributed by atoms with Crippen molar-refractivity contribution in [2.24, 2.45) is 0 Å². The quantitative estimate of drug-likeness (QED) is 0.184. The third-order valence-electron chi connectivity index (χ3n) is 8.42. The lowest BCUT2D eigenvalue weighted by Crippen LogP contribution is -2.81. The number of hydrogen-bond acceptors (Lipinski definition) is 9. The fourth-order valence-corrected chi connectivity index (χ4v) is 6.23. The van der Waals surface area contributed by atoms with Crippen molar-refractivity contribution in [2.45, 2.75) is 55.3 Å². The van der Waals surface area contributed by atoms with Crippen LogP contribution in [0.25, 0.3) is 0 Å². The Labute approximate surface area is 235 Å². The Kier molecular flexibility index (Phi) is 6.04. The fraction of sp³-hybridized carbons (Fsp3) is 0.462. The van der Waals surface area contributed by atoms with E-state index in [1.807, 2.05) is 6.07 Å². The molecule has 15 heteroatoms. The van der Waals surface area contributed by atoms with Crippen molar-refractivity contribution in [1.82, 2.24) is 41.5 Å². The lowest BCUT2D eigenvalue weighted by Gasteiger charge is -2.51. The van der Waals surface area contributed by atoms with Crippen LogP contribution in [-0.4, -0.2) is 98.1 Å². The summed E-state index contributed by atoms with van der Waals surface area (Å²) in [4.78, 5) is 35.3. The van der Waals surface area contributed by atoms with Crippen molar-refractivity contribution < 1.29 is 24.5 Å². The van der Waals surface area contributed by atoms with Gasteiger partial charge < -0.3 is 46.4 Å². The normalized spacial score (nSPS) is 28.6. The molecule has 2 aromatic rings. The molecule has 15 nitrogen and oxygen atoms in total. The standard InChI is InChI=1S/C26H32N10O5/c1-24(2)7-10-41-17-13(5-3-6-14(17)24)20(37)33-16-12-36-23(28)32-15(11-31-21(38)19-29-8-4-9-30-19)18-25(36,26(16,39)40)35-22(27)34-18/h3-6,8-9,15-16,18,39-40H,7,10-12H2,1-2H3,(H2,28,32)(H,31,38)(H,33,37)(H3,27,34,35)/t15-,16-,18-,25?/m0/s1. The van der Waals surface area contributed by atoms with Crippen LogP contribution in [0.4, 0.5) is 0 Å². The van der Waals surface area contributed by atoms with Crippen molar-refractivity contribution in [3.8, 4) is 5.75 Å². The minimum atomic E-state index is -2.66. The Hall–Kier alpha value is -4.50. The molecule has 0 bridgehead atoms. The summed E-state index contributed by atoms with van der Waals surface area (Å²) in [6, 6.07) is 3.96. The first-order chi connectivity index (χ1) is 19.5. The number of aromatic nitrogens is 2. The van der Waals surface area contributed by atoms with Crippen LogP contribution >= 0.6 is 0 Å². The average molecular weight is 565 g/mol. The SMILES string of the molecule is CC1(C)CCOc2c(C(=O)N[C@H]3CN4C(=N)N[C@@H](CNC(=O)c5ncccn5)[C@@H]5NC(=N)NC54C3(O)O)cccc21. The van der Waals surface area contributed by atoms with E-state index in [4.69, 9.17) is 15.6 Å². The van der Waals surface area contributed by atoms with E-state index in [2.05, 4.69) is 50.4 Å². The summed E-state index contributed by atoms with van der Waals surface area (Å²) in [6.45, 7) is 4.40. The Morgan fingerprint density at radius 1 is 1.15 bits per heavy atom. The molecule has 4 atom stereocenters. The first kappa shape index (κ1) is 26.7. The van der Waals surface area contributed by atoms with Gasteiger partial charge >= 0.3 is 0 Å². The molecule has 3 saturated heterocycles. The largest absolute Gasteiger partial charge is 0.492 e. The summed E-state index contributed by atoms with van der Waals surface area (Å²) < 4.78 is 5.88.